The van der Waals surface area contributed by atoms with Crippen LogP contribution >= 0.6 is 0 Å². The molecule has 2 heteroatoms. The van der Waals surface area contributed by atoms with Crippen LogP contribution in [0.1, 0.15) is 194 Å². The van der Waals surface area contributed by atoms with Crippen LogP contribution in [0, 0.1) is 0 Å². The first-order valence-electron chi connectivity index (χ1n) is 22.0. The largest absolute Gasteiger partial charge is 0.399 e. The zero-order valence-electron chi connectivity index (χ0n) is 33.8. The van der Waals surface area contributed by atoms with Gasteiger partial charge in [-0.1, -0.05) is 202 Å². The summed E-state index contributed by atoms with van der Waals surface area (Å²) in [5, 5.41) is 0. The van der Waals surface area contributed by atoms with Crippen LogP contribution in [-0.4, -0.2) is 0 Å². The van der Waals surface area contributed by atoms with Gasteiger partial charge in [-0.05, 0) is 89.8 Å². The van der Waals surface area contributed by atoms with E-state index in [1.165, 1.54) is 168 Å². The fourth-order valence-electron chi connectivity index (χ4n) is 8.16. The van der Waals surface area contributed by atoms with Gasteiger partial charge in [-0.25, -0.2) is 0 Å². The van der Waals surface area contributed by atoms with Gasteiger partial charge in [0.2, 0.25) is 0 Å². The molecular formula is C51H74N2. The number of aryl methyl sites for hydroxylation is 2. The lowest BCUT2D eigenvalue weighted by Crippen LogP contribution is -2.03. The number of nitrogen functional groups attached to an aromatic ring is 2. The molecule has 0 aliphatic heterocycles. The molecule has 0 radical (unpaired) electrons. The van der Waals surface area contributed by atoms with Crippen LogP contribution in [0.15, 0.2) is 97.1 Å². The third-order valence-corrected chi connectivity index (χ3v) is 11.6. The molecule has 0 amide bonds. The molecule has 4 N–H and O–H groups in total. The standard InChI is InChI=1S/C51H74N2/c1-3-5-7-9-11-13-15-17-19-24-50(46-34-38-48(52)39-35-46)44-30-26-42(27-31-44)22-21-23-43-28-32-45(33-29-43)51(47-36-40-49(53)41-37-47)25-20-18-16-14-12-10-8-6-4-2/h26-41,50-51H,3-25,52-53H2,1-2H3. The van der Waals surface area contributed by atoms with Crippen LogP contribution in [-0.2, 0) is 12.8 Å². The number of hydrogen-bond donors (Lipinski definition) is 2. The van der Waals surface area contributed by atoms with Crippen molar-refractivity contribution in [3.05, 3.63) is 130 Å². The summed E-state index contributed by atoms with van der Waals surface area (Å²) in [4.78, 5) is 0. The summed E-state index contributed by atoms with van der Waals surface area (Å²) in [6.07, 6.45) is 30.4. The predicted molar refractivity (Wildman–Crippen MR) is 234 cm³/mol. The first kappa shape index (κ1) is 42.2. The van der Waals surface area contributed by atoms with E-state index in [1.54, 1.807) is 0 Å². The van der Waals surface area contributed by atoms with E-state index in [0.29, 0.717) is 11.8 Å². The summed E-state index contributed by atoms with van der Waals surface area (Å²) in [6.45, 7) is 4.59. The average molecular weight is 715 g/mol. The fraction of sp³-hybridized carbons (Fsp3) is 0.529. The molecule has 288 valence electrons. The number of benzene rings is 4. The van der Waals surface area contributed by atoms with Crippen LogP contribution in [0.3, 0.4) is 0 Å². The van der Waals surface area contributed by atoms with Gasteiger partial charge in [0, 0.05) is 23.2 Å². The molecule has 4 aromatic carbocycles. The molecule has 0 bridgehead atoms. The monoisotopic (exact) mass is 715 g/mol. The van der Waals surface area contributed by atoms with Crippen molar-refractivity contribution in [2.24, 2.45) is 0 Å². The maximum atomic E-state index is 6.06. The van der Waals surface area contributed by atoms with E-state index in [2.05, 4.69) is 111 Å². The minimum absolute atomic E-state index is 0.435. The van der Waals surface area contributed by atoms with E-state index in [1.807, 2.05) is 0 Å². The van der Waals surface area contributed by atoms with Gasteiger partial charge in [-0.2, -0.15) is 0 Å². The van der Waals surface area contributed by atoms with Crippen molar-refractivity contribution in [3.63, 3.8) is 0 Å². The van der Waals surface area contributed by atoms with Crippen molar-refractivity contribution in [1.82, 2.24) is 0 Å². The fourth-order valence-corrected chi connectivity index (χ4v) is 8.16. The molecule has 0 fully saturated rings. The molecule has 2 unspecified atom stereocenters. The van der Waals surface area contributed by atoms with Crippen LogP contribution in [0.25, 0.3) is 0 Å². The third-order valence-electron chi connectivity index (χ3n) is 11.6. The molecule has 0 spiro atoms. The smallest absolute Gasteiger partial charge is 0.0314 e. The molecule has 0 aromatic heterocycles. The normalized spacial score (nSPS) is 12.6. The summed E-state index contributed by atoms with van der Waals surface area (Å²) in [5.74, 6) is 0.871. The summed E-state index contributed by atoms with van der Waals surface area (Å²) >= 11 is 0. The van der Waals surface area contributed by atoms with E-state index in [-0.39, 0.29) is 0 Å². The Balaban J connectivity index is 1.26. The van der Waals surface area contributed by atoms with E-state index in [4.69, 9.17) is 11.5 Å². The van der Waals surface area contributed by atoms with Crippen molar-refractivity contribution in [2.45, 2.75) is 173 Å². The lowest BCUT2D eigenvalue weighted by molar-refractivity contribution is 0.545. The second kappa shape index (κ2) is 25.5. The first-order valence-corrected chi connectivity index (χ1v) is 22.0. The van der Waals surface area contributed by atoms with Crippen LogP contribution in [0.4, 0.5) is 11.4 Å². The van der Waals surface area contributed by atoms with Crippen molar-refractivity contribution in [3.8, 4) is 0 Å². The highest BCUT2D eigenvalue weighted by atomic mass is 14.5. The van der Waals surface area contributed by atoms with Gasteiger partial charge >= 0.3 is 0 Å². The number of anilines is 2. The lowest BCUT2D eigenvalue weighted by atomic mass is 9.85. The zero-order chi connectivity index (χ0) is 37.4. The second-order valence-corrected chi connectivity index (χ2v) is 16.0. The minimum Gasteiger partial charge on any atom is -0.399 e. The third kappa shape index (κ3) is 16.2. The molecule has 0 aliphatic rings. The van der Waals surface area contributed by atoms with E-state index >= 15 is 0 Å². The molecule has 53 heavy (non-hydrogen) atoms. The molecule has 0 aliphatic carbocycles. The number of rotatable bonds is 28. The van der Waals surface area contributed by atoms with Gasteiger partial charge in [0.15, 0.2) is 0 Å². The van der Waals surface area contributed by atoms with Crippen LogP contribution in [0.5, 0.6) is 0 Å². The number of nitrogens with two attached hydrogens (primary N) is 2. The van der Waals surface area contributed by atoms with Gasteiger partial charge in [0.05, 0.1) is 0 Å². The lowest BCUT2D eigenvalue weighted by Gasteiger charge is -2.19. The van der Waals surface area contributed by atoms with Crippen molar-refractivity contribution >= 4 is 11.4 Å². The molecule has 0 saturated heterocycles. The Labute approximate surface area is 325 Å². The van der Waals surface area contributed by atoms with Gasteiger partial charge in [-0.15, -0.1) is 0 Å². The Morgan fingerprint density at radius 2 is 0.585 bits per heavy atom. The van der Waals surface area contributed by atoms with Crippen LogP contribution in [0.2, 0.25) is 0 Å². The van der Waals surface area contributed by atoms with Crippen molar-refractivity contribution in [1.29, 1.82) is 0 Å². The second-order valence-electron chi connectivity index (χ2n) is 16.0. The van der Waals surface area contributed by atoms with Gasteiger partial charge in [0.1, 0.15) is 0 Å². The maximum absolute atomic E-state index is 6.06. The highest BCUT2D eigenvalue weighted by molar-refractivity contribution is 5.44. The average Bonchev–Trinajstić information content (AvgIpc) is 3.18. The Hall–Kier alpha value is -3.52. The SMILES string of the molecule is CCCCCCCCCCCC(c1ccc(N)cc1)c1ccc(CCCc2ccc(C(CCCCCCCCCCC)c3ccc(N)cc3)cc2)cc1. The predicted octanol–water partition coefficient (Wildman–Crippen LogP) is 15.1. The molecule has 0 heterocycles. The molecular weight excluding hydrogens is 641 g/mol. The number of unbranched alkanes of at least 4 members (excludes halogenated alkanes) is 16. The maximum Gasteiger partial charge on any atom is 0.0314 e. The van der Waals surface area contributed by atoms with E-state index in [9.17, 15) is 0 Å². The molecule has 2 atom stereocenters. The van der Waals surface area contributed by atoms with Gasteiger partial charge in [-0.3, -0.25) is 0 Å². The molecule has 2 nitrogen and oxygen atoms in total. The topological polar surface area (TPSA) is 52.0 Å². The summed E-state index contributed by atoms with van der Waals surface area (Å²) in [7, 11) is 0. The Morgan fingerprint density at radius 3 is 0.887 bits per heavy atom. The van der Waals surface area contributed by atoms with Gasteiger partial charge < -0.3 is 11.5 Å². The quantitative estimate of drug-likeness (QED) is 0.0454. The van der Waals surface area contributed by atoms with Gasteiger partial charge in [0.25, 0.3) is 0 Å². The first-order chi connectivity index (χ1) is 26.1. The number of hydrogen-bond acceptors (Lipinski definition) is 2. The summed E-state index contributed by atoms with van der Waals surface area (Å²) in [5.41, 5.74) is 22.3. The Kier molecular flexibility index (Phi) is 20.3. The van der Waals surface area contributed by atoms with Crippen LogP contribution < -0.4 is 11.5 Å². The zero-order valence-corrected chi connectivity index (χ0v) is 33.8. The summed E-state index contributed by atoms with van der Waals surface area (Å²) < 4.78 is 0. The van der Waals surface area contributed by atoms with E-state index in [0.717, 1.165) is 24.2 Å². The highest BCUT2D eigenvalue weighted by Gasteiger charge is 2.16. The minimum atomic E-state index is 0.435. The van der Waals surface area contributed by atoms with Crippen molar-refractivity contribution < 1.29 is 0 Å². The van der Waals surface area contributed by atoms with E-state index < -0.39 is 0 Å². The van der Waals surface area contributed by atoms with Crippen molar-refractivity contribution in [2.75, 3.05) is 11.5 Å². The molecule has 4 aromatic rings. The highest BCUT2D eigenvalue weighted by Crippen LogP contribution is 2.33. The molecule has 4 rings (SSSR count). The Bertz CT molecular complexity index is 1350. The Morgan fingerprint density at radius 1 is 0.321 bits per heavy atom. The molecule has 0 saturated carbocycles. The summed E-state index contributed by atoms with van der Waals surface area (Å²) in [6, 6.07) is 36.3.